The molecule has 0 N–H and O–H groups in total. The molecule has 0 radical (unpaired) electrons. The Morgan fingerprint density at radius 1 is 1.00 bits per heavy atom. The molecule has 0 bridgehead atoms. The number of aliphatic carboxylic acids is 2. The van der Waals surface area contributed by atoms with Crippen LogP contribution in [-0.4, -0.2) is 11.9 Å². The molecule has 0 aliphatic heterocycles. The van der Waals surface area contributed by atoms with E-state index in [1.165, 1.54) is 4.04 Å². The Morgan fingerprint density at radius 3 is 1.38 bits per heavy atom. The summed E-state index contributed by atoms with van der Waals surface area (Å²) in [7, 11) is 0. The minimum absolute atomic E-state index is 0. The van der Waals surface area contributed by atoms with Gasteiger partial charge in [0.2, 0.25) is 0 Å². The third kappa shape index (κ3) is 37.8. The zero-order valence-electron chi connectivity index (χ0n) is 9.04. The number of carbonyl (C=O) groups is 2. The fraction of sp³-hybridized carbons (Fsp3) is 0.200. The van der Waals surface area contributed by atoms with Gasteiger partial charge in [-0.25, -0.2) is 0 Å². The van der Waals surface area contributed by atoms with Crippen molar-refractivity contribution in [2.24, 2.45) is 0 Å². The summed E-state index contributed by atoms with van der Waals surface area (Å²) < 4.78 is 1.17. The molecule has 0 aliphatic rings. The normalized spacial score (nSPS) is 6.94. The van der Waals surface area contributed by atoms with Gasteiger partial charge in [0.1, 0.15) is 0 Å². The SMILES string of the molecule is CC(=O)[O-].CC(=O)[O-].P.[Pd+2][c]1ccccc1. The molecular weight excluding hydrogens is 322 g/mol. The van der Waals surface area contributed by atoms with Crippen LogP contribution in [0.15, 0.2) is 30.3 Å². The Hall–Kier alpha value is -0.748. The number of rotatable bonds is 0. The average molecular weight is 336 g/mol. The van der Waals surface area contributed by atoms with Crippen molar-refractivity contribution in [3.8, 4) is 0 Å². The van der Waals surface area contributed by atoms with Crippen LogP contribution in [0.2, 0.25) is 0 Å². The van der Waals surface area contributed by atoms with Gasteiger partial charge in [0.25, 0.3) is 0 Å². The van der Waals surface area contributed by atoms with E-state index in [0.29, 0.717) is 0 Å². The third-order valence-corrected chi connectivity index (χ3v) is 1.23. The van der Waals surface area contributed by atoms with E-state index in [-0.39, 0.29) is 9.90 Å². The number of carbonyl (C=O) groups excluding carboxylic acids is 2. The zero-order chi connectivity index (χ0) is 12.3. The van der Waals surface area contributed by atoms with E-state index in [2.05, 4.69) is 19.2 Å². The van der Waals surface area contributed by atoms with Gasteiger partial charge in [0.05, 0.1) is 0 Å². The zero-order valence-corrected chi connectivity index (χ0v) is 12.0. The minimum atomic E-state index is -1.08. The second-order valence-electron chi connectivity index (χ2n) is 2.24. The van der Waals surface area contributed by atoms with Gasteiger partial charge >= 0.3 is 53.6 Å². The van der Waals surface area contributed by atoms with E-state index < -0.39 is 11.9 Å². The maximum atomic E-state index is 8.89. The molecule has 1 aromatic rings. The van der Waals surface area contributed by atoms with Crippen LogP contribution in [0, 0.1) is 0 Å². The summed E-state index contributed by atoms with van der Waals surface area (Å²) in [5.74, 6) is -2.17. The van der Waals surface area contributed by atoms with Crippen molar-refractivity contribution in [2.45, 2.75) is 13.8 Å². The Labute approximate surface area is 109 Å². The van der Waals surface area contributed by atoms with Gasteiger partial charge in [-0.15, -0.1) is 0 Å². The standard InChI is InChI=1S/C6H5.2C2H4O2.H3P.Pd/c1-2-4-6-5-3-1;2*1-2(3)4;;/h1-5H;2*1H3,(H,3,4);1H3;/q;;;;+2/p-2. The molecule has 1 atom stereocenters. The Kier molecular flexibility index (Phi) is 18.4. The van der Waals surface area contributed by atoms with Crippen LogP contribution in [0.25, 0.3) is 0 Å². The molecule has 0 aromatic heterocycles. The van der Waals surface area contributed by atoms with E-state index in [4.69, 9.17) is 19.8 Å². The molecule has 93 valence electrons. The molecule has 0 heterocycles. The Bertz CT molecular complexity index is 270. The molecule has 0 amide bonds. The van der Waals surface area contributed by atoms with Gasteiger partial charge in [-0.1, -0.05) is 0 Å². The number of hydrogen-bond acceptors (Lipinski definition) is 4. The van der Waals surface area contributed by atoms with Crippen LogP contribution < -0.4 is 14.2 Å². The molecule has 1 unspecified atom stereocenters. The first-order valence-electron chi connectivity index (χ1n) is 3.89. The predicted molar refractivity (Wildman–Crippen MR) is 58.5 cm³/mol. The van der Waals surface area contributed by atoms with Crippen molar-refractivity contribution in [2.75, 3.05) is 0 Å². The van der Waals surface area contributed by atoms with Crippen molar-refractivity contribution in [3.05, 3.63) is 30.3 Å². The van der Waals surface area contributed by atoms with E-state index in [1.54, 1.807) is 0 Å². The number of hydrogen-bond donors (Lipinski definition) is 0. The van der Waals surface area contributed by atoms with Crippen molar-refractivity contribution in [1.82, 2.24) is 0 Å². The Balaban J connectivity index is -0.000000166. The van der Waals surface area contributed by atoms with E-state index in [0.717, 1.165) is 13.8 Å². The molecule has 16 heavy (non-hydrogen) atoms. The van der Waals surface area contributed by atoms with Gasteiger partial charge < -0.3 is 19.8 Å². The van der Waals surface area contributed by atoms with E-state index in [9.17, 15) is 0 Å². The van der Waals surface area contributed by atoms with Crippen molar-refractivity contribution < 1.29 is 39.0 Å². The molecule has 1 aromatic carbocycles. The molecule has 4 nitrogen and oxygen atoms in total. The van der Waals surface area contributed by atoms with E-state index >= 15 is 0 Å². The number of carboxylic acid groups (broad SMARTS) is 2. The summed E-state index contributed by atoms with van der Waals surface area (Å²) in [4.78, 5) is 17.8. The number of benzene rings is 1. The van der Waals surface area contributed by atoms with Crippen LogP contribution in [0.3, 0.4) is 0 Å². The summed E-state index contributed by atoms with van der Waals surface area (Å²) in [6, 6.07) is 10.0. The van der Waals surface area contributed by atoms with Crippen molar-refractivity contribution >= 4 is 25.9 Å². The van der Waals surface area contributed by atoms with Crippen LogP contribution in [0.1, 0.15) is 13.8 Å². The molecule has 6 heteroatoms. The summed E-state index contributed by atoms with van der Waals surface area (Å²) in [6.45, 7) is 1.94. The van der Waals surface area contributed by atoms with Gasteiger partial charge in [0, 0.05) is 11.9 Å². The summed E-state index contributed by atoms with van der Waals surface area (Å²) in [5, 5.41) is 17.8. The first-order chi connectivity index (χ1) is 6.86. The molecular formula is C10H14O4PPd. The molecule has 0 fully saturated rings. The molecule has 0 aliphatic carbocycles. The topological polar surface area (TPSA) is 80.3 Å². The average Bonchev–Trinajstić information content (AvgIpc) is 2.03. The molecule has 0 saturated heterocycles. The van der Waals surface area contributed by atoms with Crippen LogP contribution in [-0.2, 0) is 28.8 Å². The third-order valence-electron chi connectivity index (χ3n) is 0.713. The predicted octanol–water partition coefficient (Wildman–Crippen LogP) is -1.57. The van der Waals surface area contributed by atoms with Gasteiger partial charge in [-0.2, -0.15) is 9.90 Å². The molecule has 0 saturated carbocycles. The fourth-order valence-corrected chi connectivity index (χ4v) is 0.702. The van der Waals surface area contributed by atoms with Crippen LogP contribution >= 0.6 is 9.90 Å². The fourth-order valence-electron chi connectivity index (χ4n) is 0.403. The molecule has 0 spiro atoms. The maximum absolute atomic E-state index is 8.89. The second kappa shape index (κ2) is 14.3. The summed E-state index contributed by atoms with van der Waals surface area (Å²) >= 11 is 3.07. The van der Waals surface area contributed by atoms with Crippen molar-refractivity contribution in [3.63, 3.8) is 0 Å². The first-order valence-corrected chi connectivity index (χ1v) is 4.66. The van der Waals surface area contributed by atoms with Gasteiger partial charge in [-0.3, -0.25) is 0 Å². The molecule has 1 rings (SSSR count). The van der Waals surface area contributed by atoms with E-state index in [1.807, 2.05) is 30.3 Å². The first kappa shape index (κ1) is 20.6. The quantitative estimate of drug-likeness (QED) is 0.424. The number of carboxylic acids is 2. The van der Waals surface area contributed by atoms with Crippen LogP contribution in [0.4, 0.5) is 0 Å². The van der Waals surface area contributed by atoms with Gasteiger partial charge in [-0.05, 0) is 13.8 Å². The second-order valence-corrected chi connectivity index (χ2v) is 3.14. The van der Waals surface area contributed by atoms with Crippen LogP contribution in [0.5, 0.6) is 0 Å². The van der Waals surface area contributed by atoms with Crippen molar-refractivity contribution in [1.29, 1.82) is 0 Å². The monoisotopic (exact) mass is 335 g/mol. The summed E-state index contributed by atoms with van der Waals surface area (Å²) in [6.07, 6.45) is 0. The van der Waals surface area contributed by atoms with Gasteiger partial charge in [0.15, 0.2) is 0 Å². The summed E-state index contributed by atoms with van der Waals surface area (Å²) in [5.41, 5.74) is 0. The Morgan fingerprint density at radius 2 is 1.25 bits per heavy atom.